The molecule has 4 aliphatic heterocycles. The van der Waals surface area contributed by atoms with E-state index in [1.54, 1.807) is 41.1 Å². The number of carbonyl (C=O) groups is 3. The third-order valence-electron chi connectivity index (χ3n) is 15.9. The molecule has 0 spiro atoms. The predicted octanol–water partition coefficient (Wildman–Crippen LogP) is 4.81. The van der Waals surface area contributed by atoms with E-state index in [-0.39, 0.29) is 43.0 Å². The number of aryl methyl sites for hydroxylation is 1. The minimum Gasteiger partial charge on any atom is -0.458 e. The molecule has 4 aliphatic rings. The number of thioether (sulfide) groups is 1. The number of esters is 2. The summed E-state index contributed by atoms with van der Waals surface area (Å²) in [7, 11) is 5.07. The summed E-state index contributed by atoms with van der Waals surface area (Å²) in [5.41, 5.74) is 3.34. The molecule has 0 radical (unpaired) electrons. The molecule has 0 aromatic carbocycles. The van der Waals surface area contributed by atoms with Crippen molar-refractivity contribution < 1.29 is 62.5 Å². The highest BCUT2D eigenvalue weighted by Gasteiger charge is 2.62. The van der Waals surface area contributed by atoms with Crippen LogP contribution in [0.25, 0.3) is 11.2 Å². The molecular weight excluding hydrogens is 925 g/mol. The number of hydrogen-bond donors (Lipinski definition) is 3. The van der Waals surface area contributed by atoms with Crippen LogP contribution in [0.5, 0.6) is 0 Å². The van der Waals surface area contributed by atoms with Gasteiger partial charge in [-0.1, -0.05) is 41.5 Å². The quantitative estimate of drug-likeness (QED) is 0.215. The van der Waals surface area contributed by atoms with Crippen molar-refractivity contribution in [1.29, 1.82) is 0 Å². The number of cyclic esters (lactones) is 1. The van der Waals surface area contributed by atoms with Gasteiger partial charge in [0.2, 0.25) is 0 Å². The van der Waals surface area contributed by atoms with Gasteiger partial charge in [-0.3, -0.25) is 14.4 Å². The fourth-order valence-corrected chi connectivity index (χ4v) is 13.3. The van der Waals surface area contributed by atoms with E-state index in [0.717, 1.165) is 6.54 Å². The van der Waals surface area contributed by atoms with Crippen LogP contribution in [-0.4, -0.2) is 169 Å². The Kier molecular flexibility index (Phi) is 18.2. The lowest BCUT2D eigenvalue weighted by molar-refractivity contribution is -0.319. The highest BCUT2D eigenvalue weighted by Crippen LogP contribution is 2.49. The number of aliphatic hydroxyl groups is 2. The van der Waals surface area contributed by atoms with E-state index in [0.29, 0.717) is 35.8 Å². The highest BCUT2D eigenvalue weighted by atomic mass is 32.2. The topological polar surface area (TPSA) is 238 Å². The first kappa shape index (κ1) is 56.2. The second-order valence-corrected chi connectivity index (χ2v) is 22.9. The molecule has 2 aromatic rings. The van der Waals surface area contributed by atoms with E-state index in [1.165, 1.54) is 25.2 Å². The van der Waals surface area contributed by atoms with Crippen molar-refractivity contribution >= 4 is 46.5 Å². The van der Waals surface area contributed by atoms with Gasteiger partial charge in [-0.25, -0.2) is 15.0 Å². The van der Waals surface area contributed by atoms with E-state index in [4.69, 9.17) is 43.6 Å². The number of nitrogens with two attached hydrogens (primary N) is 1. The van der Waals surface area contributed by atoms with Gasteiger partial charge in [0.1, 0.15) is 41.2 Å². The van der Waals surface area contributed by atoms with Crippen LogP contribution >= 0.6 is 11.8 Å². The van der Waals surface area contributed by atoms with Crippen molar-refractivity contribution in [3.05, 3.63) is 12.7 Å². The van der Waals surface area contributed by atoms with Crippen LogP contribution < -0.4 is 5.73 Å². The van der Waals surface area contributed by atoms with Gasteiger partial charge in [-0.15, -0.1) is 11.8 Å². The summed E-state index contributed by atoms with van der Waals surface area (Å²) in [6.45, 7) is 23.6. The molecule has 19 atom stereocenters. The number of likely N-dealkylation sites (N-methyl/N-ethyl adjacent to an activating group) is 1. The number of imidazole rings is 1. The Hall–Kier alpha value is -3.05. The van der Waals surface area contributed by atoms with Crippen molar-refractivity contribution in [1.82, 2.24) is 24.4 Å². The lowest BCUT2D eigenvalue weighted by Crippen LogP contribution is -2.61. The minimum atomic E-state index is -1.41. The Morgan fingerprint density at radius 2 is 1.63 bits per heavy atom. The maximum atomic E-state index is 15.2. The van der Waals surface area contributed by atoms with Crippen molar-refractivity contribution in [3.63, 3.8) is 0 Å². The largest absolute Gasteiger partial charge is 0.458 e. The van der Waals surface area contributed by atoms with Crippen LogP contribution in [0.4, 0.5) is 5.82 Å². The molecule has 0 amide bonds. The first-order valence-corrected chi connectivity index (χ1v) is 26.2. The van der Waals surface area contributed by atoms with Gasteiger partial charge in [0.25, 0.3) is 0 Å². The van der Waals surface area contributed by atoms with Gasteiger partial charge in [0.05, 0.1) is 47.9 Å². The molecule has 6 rings (SSSR count). The van der Waals surface area contributed by atoms with Gasteiger partial charge < -0.3 is 63.3 Å². The van der Waals surface area contributed by atoms with Crippen molar-refractivity contribution in [2.45, 2.75) is 199 Å². The molecule has 1 unspecified atom stereocenters. The average Bonchev–Trinajstić information content (AvgIpc) is 3.84. The molecule has 20 heteroatoms. The molecule has 6 heterocycles. The number of nitrogen functional groups attached to an aromatic ring is 1. The van der Waals surface area contributed by atoms with Gasteiger partial charge in [0, 0.05) is 69.2 Å². The number of methoxy groups -OCH3 is 2. The van der Waals surface area contributed by atoms with Crippen molar-refractivity contribution in [3.8, 4) is 0 Å². The average molecular weight is 1010 g/mol. The number of aromatic nitrogens is 4. The van der Waals surface area contributed by atoms with E-state index in [2.05, 4.69) is 33.7 Å². The smallest absolute Gasteiger partial charge is 0.320 e. The lowest BCUT2D eigenvalue weighted by atomic mass is 9.70. The second-order valence-electron chi connectivity index (χ2n) is 21.6. The summed E-state index contributed by atoms with van der Waals surface area (Å²) in [4.78, 5) is 59.4. The minimum absolute atomic E-state index is 0.119. The van der Waals surface area contributed by atoms with Crippen LogP contribution in [0.3, 0.4) is 0 Å². The summed E-state index contributed by atoms with van der Waals surface area (Å²) >= 11 is 1.37. The van der Waals surface area contributed by atoms with Crippen molar-refractivity contribution in [2.24, 2.45) is 35.5 Å². The number of nitrogens with zero attached hydrogens (tertiary/aromatic N) is 5. The zero-order chi connectivity index (χ0) is 51.8. The number of ketones is 1. The Labute approximate surface area is 418 Å². The molecule has 396 valence electrons. The molecule has 19 nitrogen and oxygen atoms in total. The summed E-state index contributed by atoms with van der Waals surface area (Å²) in [6.07, 6.45) is -4.03. The molecule has 0 saturated carbocycles. The van der Waals surface area contributed by atoms with E-state index in [1.807, 2.05) is 53.2 Å². The molecular formula is C50H82N6O13S. The Morgan fingerprint density at radius 1 is 0.943 bits per heavy atom. The molecule has 4 saturated heterocycles. The van der Waals surface area contributed by atoms with Gasteiger partial charge >= 0.3 is 11.9 Å². The van der Waals surface area contributed by atoms with Crippen LogP contribution in [-0.2, 0) is 58.8 Å². The third kappa shape index (κ3) is 11.4. The number of aliphatic hydroxyl groups excluding tert-OH is 2. The molecule has 70 heavy (non-hydrogen) atoms. The summed E-state index contributed by atoms with van der Waals surface area (Å²) in [5, 5.41) is 22.5. The van der Waals surface area contributed by atoms with Crippen molar-refractivity contribution in [2.75, 3.05) is 39.3 Å². The summed E-state index contributed by atoms with van der Waals surface area (Å²) in [6, 6.07) is -0.300. The zero-order valence-electron chi connectivity index (χ0n) is 44.0. The normalized spacial score (nSPS) is 41.4. The SMILES string of the molecule is CC[C@H]1OC(=O)[C@H](C)[C@@H](O[C@H]2C[C@@](C)(OC)[C@@H](O)[C@H](C)O2)[C@H](C)[C@@H](O[C@@H]2O[C@H](C)C[C@H](N(C)CC(C)C)[C@H]2O)[C@](C)(OC)C[C@@H](C)C(=O)[C@H](C)[C@H]2C(SCCn3cnc4c(N)ncnc43)C(=O)O[C@@]21C. The van der Waals surface area contributed by atoms with E-state index in [9.17, 15) is 15.0 Å². The standard InChI is InChI=1S/C50H82N6O13S/c1-16-33-50(12)35(40(46(61)69-50)70-18-17-56-24-54-36-43(51)52-23-53-44(36)56)28(6)37(57)26(4)20-49(11,63-15)42(68-47-38(58)32(19-27(5)64-47)55(13)22-25(2)3)29(7)39(30(8)45(60)66-33)67-34-21-48(10,62-14)41(59)31(9)65-34/h23-35,38-42,47,58-59H,16-22H2,1-15H3,(H2,51,52,53)/t26-,27-,28-,29+,30-,31+,32+,33-,34+,35+,38-,39+,40?,41+,42-,47+,48-,49-,50-/m1/s1. The van der Waals surface area contributed by atoms with Gasteiger partial charge in [-0.05, 0) is 73.8 Å². The Morgan fingerprint density at radius 3 is 2.27 bits per heavy atom. The maximum Gasteiger partial charge on any atom is 0.320 e. The number of anilines is 1. The monoisotopic (exact) mass is 1010 g/mol. The molecule has 4 fully saturated rings. The van der Waals surface area contributed by atoms with Gasteiger partial charge in [-0.2, -0.15) is 0 Å². The van der Waals surface area contributed by atoms with Gasteiger partial charge in [0.15, 0.2) is 29.6 Å². The first-order valence-electron chi connectivity index (χ1n) is 25.1. The Bertz CT molecular complexity index is 2120. The van der Waals surface area contributed by atoms with Crippen LogP contribution in [0.15, 0.2) is 12.7 Å². The number of Topliss-reactive ketones (excluding diaryl/α,β-unsaturated/α-hetero) is 1. The van der Waals surface area contributed by atoms with Crippen LogP contribution in [0, 0.1) is 35.5 Å². The van der Waals surface area contributed by atoms with Crippen LogP contribution in [0.2, 0.25) is 0 Å². The summed E-state index contributed by atoms with van der Waals surface area (Å²) in [5.74, 6) is -4.17. The van der Waals surface area contributed by atoms with E-state index < -0.39 is 113 Å². The second kappa shape index (κ2) is 22.6. The lowest BCUT2D eigenvalue weighted by Gasteiger charge is -2.50. The molecule has 0 bridgehead atoms. The fraction of sp³-hybridized carbons (Fsp3) is 0.840. The Balaban J connectivity index is 1.42. The van der Waals surface area contributed by atoms with Crippen LogP contribution in [0.1, 0.15) is 109 Å². The first-order chi connectivity index (χ1) is 32.8. The number of carbonyl (C=O) groups excluding carboxylic acids is 3. The summed E-state index contributed by atoms with van der Waals surface area (Å²) < 4.78 is 53.9. The van der Waals surface area contributed by atoms with E-state index >= 15 is 9.59 Å². The molecule has 4 N–H and O–H groups in total. The number of hydrogen-bond acceptors (Lipinski definition) is 19. The zero-order valence-corrected chi connectivity index (χ0v) is 44.8. The molecule has 0 aliphatic carbocycles. The maximum absolute atomic E-state index is 15.2. The molecule has 2 aromatic heterocycles. The number of rotatable bonds is 14. The number of fused-ring (bicyclic) bond motifs is 2. The fourth-order valence-electron chi connectivity index (χ4n) is 11.9. The highest BCUT2D eigenvalue weighted by molar-refractivity contribution is 8.00. The third-order valence-corrected chi connectivity index (χ3v) is 17.1. The predicted molar refractivity (Wildman–Crippen MR) is 262 cm³/mol. The number of ether oxygens (including phenoxy) is 8.